The van der Waals surface area contributed by atoms with Crippen LogP contribution in [0.1, 0.15) is 29.5 Å². The SMILES string of the molecule is Cc1ccc(NC(=O)CN(C)C(=O)CN(Cc2cccc(C)c2)C2CC2)cc1. The van der Waals surface area contributed by atoms with Gasteiger partial charge < -0.3 is 10.2 Å². The molecule has 148 valence electrons. The fourth-order valence-corrected chi connectivity index (χ4v) is 3.23. The van der Waals surface area contributed by atoms with Crippen LogP contribution in [-0.4, -0.2) is 47.8 Å². The highest BCUT2D eigenvalue weighted by Gasteiger charge is 2.31. The van der Waals surface area contributed by atoms with Crippen LogP contribution in [-0.2, 0) is 16.1 Å². The van der Waals surface area contributed by atoms with Gasteiger partial charge in [0.05, 0.1) is 13.1 Å². The van der Waals surface area contributed by atoms with Gasteiger partial charge in [-0.1, -0.05) is 47.5 Å². The molecule has 5 heteroatoms. The summed E-state index contributed by atoms with van der Waals surface area (Å²) in [6.07, 6.45) is 2.27. The van der Waals surface area contributed by atoms with Gasteiger partial charge in [-0.05, 0) is 44.4 Å². The molecule has 0 saturated heterocycles. The third-order valence-electron chi connectivity index (χ3n) is 5.01. The average molecular weight is 380 g/mol. The van der Waals surface area contributed by atoms with E-state index in [2.05, 4.69) is 41.4 Å². The topological polar surface area (TPSA) is 52.7 Å². The quantitative estimate of drug-likeness (QED) is 0.765. The monoisotopic (exact) mass is 379 g/mol. The molecule has 2 aromatic carbocycles. The number of hydrogen-bond acceptors (Lipinski definition) is 3. The summed E-state index contributed by atoms with van der Waals surface area (Å²) in [6, 6.07) is 16.5. The van der Waals surface area contributed by atoms with Gasteiger partial charge in [0, 0.05) is 25.3 Å². The summed E-state index contributed by atoms with van der Waals surface area (Å²) < 4.78 is 0. The molecule has 0 radical (unpaired) electrons. The van der Waals surface area contributed by atoms with Crippen LogP contribution in [0.5, 0.6) is 0 Å². The van der Waals surface area contributed by atoms with Gasteiger partial charge in [0.1, 0.15) is 0 Å². The van der Waals surface area contributed by atoms with Gasteiger partial charge in [0.25, 0.3) is 0 Å². The second kappa shape index (κ2) is 9.02. The standard InChI is InChI=1S/C23H29N3O2/c1-17-7-9-20(10-8-17)24-22(27)15-25(3)23(28)16-26(21-11-12-21)14-19-6-4-5-18(2)13-19/h4-10,13,21H,11-12,14-16H2,1-3H3,(H,24,27). The Hall–Kier alpha value is -2.66. The maximum atomic E-state index is 12.7. The normalized spacial score (nSPS) is 13.4. The Morgan fingerprint density at radius 1 is 1.00 bits per heavy atom. The highest BCUT2D eigenvalue weighted by molar-refractivity contribution is 5.94. The minimum absolute atomic E-state index is 0.0291. The van der Waals surface area contributed by atoms with Crippen LogP contribution in [0.3, 0.4) is 0 Å². The van der Waals surface area contributed by atoms with E-state index in [9.17, 15) is 9.59 Å². The van der Waals surface area contributed by atoms with Crippen LogP contribution in [0.25, 0.3) is 0 Å². The Balaban J connectivity index is 1.52. The van der Waals surface area contributed by atoms with E-state index in [0.29, 0.717) is 12.6 Å². The number of nitrogens with zero attached hydrogens (tertiary/aromatic N) is 2. The second-order valence-corrected chi connectivity index (χ2v) is 7.79. The number of anilines is 1. The molecule has 2 amide bonds. The largest absolute Gasteiger partial charge is 0.335 e. The Labute approximate surface area is 167 Å². The van der Waals surface area contributed by atoms with Crippen LogP contribution in [0.15, 0.2) is 48.5 Å². The van der Waals surface area contributed by atoms with Crippen molar-refractivity contribution in [1.29, 1.82) is 0 Å². The molecule has 1 aliphatic rings. The predicted octanol–water partition coefficient (Wildman–Crippen LogP) is 3.36. The molecule has 1 aliphatic carbocycles. The van der Waals surface area contributed by atoms with Crippen molar-refractivity contribution in [3.63, 3.8) is 0 Å². The zero-order valence-corrected chi connectivity index (χ0v) is 16.9. The van der Waals surface area contributed by atoms with Crippen molar-refractivity contribution in [3.05, 3.63) is 65.2 Å². The first-order valence-electron chi connectivity index (χ1n) is 9.81. The highest BCUT2D eigenvalue weighted by atomic mass is 16.2. The lowest BCUT2D eigenvalue weighted by Crippen LogP contribution is -2.42. The Bertz CT molecular complexity index is 828. The molecule has 0 unspecified atom stereocenters. The van der Waals surface area contributed by atoms with E-state index in [1.165, 1.54) is 16.0 Å². The van der Waals surface area contributed by atoms with Crippen molar-refractivity contribution < 1.29 is 9.59 Å². The van der Waals surface area contributed by atoms with Crippen LogP contribution in [0, 0.1) is 13.8 Å². The summed E-state index contributed by atoms with van der Waals surface area (Å²) in [5.74, 6) is -0.213. The van der Waals surface area contributed by atoms with Gasteiger partial charge in [0.2, 0.25) is 11.8 Å². The van der Waals surface area contributed by atoms with Gasteiger partial charge in [-0.3, -0.25) is 14.5 Å². The van der Waals surface area contributed by atoms with E-state index in [1.807, 2.05) is 31.2 Å². The summed E-state index contributed by atoms with van der Waals surface area (Å²) in [7, 11) is 1.69. The van der Waals surface area contributed by atoms with Gasteiger partial charge in [0.15, 0.2) is 0 Å². The molecular weight excluding hydrogens is 350 g/mol. The van der Waals surface area contributed by atoms with Crippen molar-refractivity contribution in [1.82, 2.24) is 9.80 Å². The lowest BCUT2D eigenvalue weighted by molar-refractivity contribution is -0.134. The van der Waals surface area contributed by atoms with Crippen molar-refractivity contribution in [3.8, 4) is 0 Å². The lowest BCUT2D eigenvalue weighted by atomic mass is 10.1. The lowest BCUT2D eigenvalue weighted by Gasteiger charge is -2.25. The summed E-state index contributed by atoms with van der Waals surface area (Å²) in [5.41, 5.74) is 4.33. The van der Waals surface area contributed by atoms with E-state index in [0.717, 1.165) is 30.6 Å². The first-order chi connectivity index (χ1) is 13.4. The van der Waals surface area contributed by atoms with E-state index >= 15 is 0 Å². The molecule has 2 aromatic rings. The van der Waals surface area contributed by atoms with Crippen molar-refractivity contribution in [2.24, 2.45) is 0 Å². The van der Waals surface area contributed by atoms with Gasteiger partial charge >= 0.3 is 0 Å². The fourth-order valence-electron chi connectivity index (χ4n) is 3.23. The number of amides is 2. The average Bonchev–Trinajstić information content (AvgIpc) is 3.48. The van der Waals surface area contributed by atoms with Gasteiger partial charge in [-0.2, -0.15) is 0 Å². The highest BCUT2D eigenvalue weighted by Crippen LogP contribution is 2.28. The van der Waals surface area contributed by atoms with E-state index < -0.39 is 0 Å². The second-order valence-electron chi connectivity index (χ2n) is 7.79. The van der Waals surface area contributed by atoms with Gasteiger partial charge in [-0.15, -0.1) is 0 Å². The third-order valence-corrected chi connectivity index (χ3v) is 5.01. The summed E-state index contributed by atoms with van der Waals surface area (Å²) in [5, 5.41) is 2.84. The molecular formula is C23H29N3O2. The number of benzene rings is 2. The molecule has 1 saturated carbocycles. The molecule has 0 aromatic heterocycles. The molecule has 0 heterocycles. The predicted molar refractivity (Wildman–Crippen MR) is 112 cm³/mol. The summed E-state index contributed by atoms with van der Waals surface area (Å²) in [6.45, 7) is 5.24. The van der Waals surface area contributed by atoms with Gasteiger partial charge in [-0.25, -0.2) is 0 Å². The summed E-state index contributed by atoms with van der Waals surface area (Å²) >= 11 is 0. The Morgan fingerprint density at radius 3 is 2.36 bits per heavy atom. The number of nitrogens with one attached hydrogen (secondary N) is 1. The van der Waals surface area contributed by atoms with E-state index in [4.69, 9.17) is 0 Å². The summed E-state index contributed by atoms with van der Waals surface area (Å²) in [4.78, 5) is 28.7. The fraction of sp³-hybridized carbons (Fsp3) is 0.391. The van der Waals surface area contributed by atoms with Crippen molar-refractivity contribution in [2.45, 2.75) is 39.3 Å². The zero-order valence-electron chi connectivity index (χ0n) is 16.9. The number of likely N-dealkylation sites (N-methyl/N-ethyl adjacent to an activating group) is 1. The molecule has 0 spiro atoms. The van der Waals surface area contributed by atoms with Crippen LogP contribution < -0.4 is 5.32 Å². The van der Waals surface area contributed by atoms with Crippen LogP contribution in [0.2, 0.25) is 0 Å². The number of hydrogen-bond donors (Lipinski definition) is 1. The molecule has 3 rings (SSSR count). The number of rotatable bonds is 8. The number of carbonyl (C=O) groups excluding carboxylic acids is 2. The Kier molecular flexibility index (Phi) is 6.47. The molecule has 1 fully saturated rings. The van der Waals surface area contributed by atoms with Crippen molar-refractivity contribution >= 4 is 17.5 Å². The number of carbonyl (C=O) groups is 2. The molecule has 0 atom stereocenters. The molecule has 0 bridgehead atoms. The smallest absolute Gasteiger partial charge is 0.243 e. The molecule has 5 nitrogen and oxygen atoms in total. The first-order valence-corrected chi connectivity index (χ1v) is 9.81. The minimum Gasteiger partial charge on any atom is -0.335 e. The minimum atomic E-state index is -0.184. The molecule has 0 aliphatic heterocycles. The Morgan fingerprint density at radius 2 is 1.71 bits per heavy atom. The zero-order chi connectivity index (χ0) is 20.1. The third kappa shape index (κ3) is 5.92. The van der Waals surface area contributed by atoms with E-state index in [-0.39, 0.29) is 18.4 Å². The van der Waals surface area contributed by atoms with E-state index in [1.54, 1.807) is 7.05 Å². The van der Waals surface area contributed by atoms with Crippen molar-refractivity contribution in [2.75, 3.05) is 25.5 Å². The van der Waals surface area contributed by atoms with Crippen LogP contribution in [0.4, 0.5) is 5.69 Å². The molecule has 1 N–H and O–H groups in total. The first kappa shape index (κ1) is 20.1. The maximum Gasteiger partial charge on any atom is 0.243 e. The van der Waals surface area contributed by atoms with Crippen LogP contribution >= 0.6 is 0 Å². The maximum absolute atomic E-state index is 12.7. The molecule has 28 heavy (non-hydrogen) atoms. The number of aryl methyl sites for hydroxylation is 2.